The standard InChI is InChI=1S/C21H22N6O/c1-15-21(16(2)27(25-15)13-17-6-4-3-5-7-17)19-14-28-11-10-26(19)20-9-8-18(12-22)23-24-20/h3-9,19H,10-11,13-14H2,1-2H3/t19-/m1/s1. The molecule has 0 radical (unpaired) electrons. The maximum Gasteiger partial charge on any atom is 0.163 e. The van der Waals surface area contributed by atoms with Gasteiger partial charge in [-0.15, -0.1) is 10.2 Å². The number of hydrogen-bond donors (Lipinski definition) is 0. The van der Waals surface area contributed by atoms with Crippen LogP contribution in [0.15, 0.2) is 42.5 Å². The molecule has 0 aliphatic carbocycles. The number of hydrogen-bond acceptors (Lipinski definition) is 6. The number of anilines is 1. The Hall–Kier alpha value is -3.24. The first kappa shape index (κ1) is 18.1. The minimum atomic E-state index is 0.0144. The first-order chi connectivity index (χ1) is 13.7. The average molecular weight is 374 g/mol. The predicted octanol–water partition coefficient (Wildman–Crippen LogP) is 2.79. The fourth-order valence-electron chi connectivity index (χ4n) is 3.76. The van der Waals surface area contributed by atoms with Crippen LogP contribution in [0.25, 0.3) is 0 Å². The summed E-state index contributed by atoms with van der Waals surface area (Å²) in [4.78, 5) is 2.20. The van der Waals surface area contributed by atoms with Crippen LogP contribution >= 0.6 is 0 Å². The molecule has 3 aromatic rings. The third-order valence-electron chi connectivity index (χ3n) is 5.13. The van der Waals surface area contributed by atoms with E-state index in [-0.39, 0.29) is 6.04 Å². The van der Waals surface area contributed by atoms with Crippen molar-refractivity contribution in [1.82, 2.24) is 20.0 Å². The molecule has 2 aromatic heterocycles. The molecule has 1 aromatic carbocycles. The van der Waals surface area contributed by atoms with Gasteiger partial charge in [0.15, 0.2) is 11.5 Å². The number of nitrogens with zero attached hydrogens (tertiary/aromatic N) is 6. The van der Waals surface area contributed by atoms with Crippen molar-refractivity contribution in [3.8, 4) is 6.07 Å². The van der Waals surface area contributed by atoms with E-state index in [0.29, 0.717) is 25.5 Å². The number of aromatic nitrogens is 4. The fourth-order valence-corrected chi connectivity index (χ4v) is 3.76. The van der Waals surface area contributed by atoms with E-state index in [1.165, 1.54) is 11.1 Å². The van der Waals surface area contributed by atoms with Crippen molar-refractivity contribution in [2.45, 2.75) is 26.4 Å². The molecule has 1 aliphatic rings. The number of aryl methyl sites for hydroxylation is 1. The minimum absolute atomic E-state index is 0.0144. The van der Waals surface area contributed by atoms with E-state index in [1.807, 2.05) is 37.3 Å². The third-order valence-corrected chi connectivity index (χ3v) is 5.13. The molecule has 0 bridgehead atoms. The van der Waals surface area contributed by atoms with E-state index in [0.717, 1.165) is 23.8 Å². The molecule has 1 aliphatic heterocycles. The van der Waals surface area contributed by atoms with Crippen molar-refractivity contribution in [3.05, 3.63) is 70.7 Å². The predicted molar refractivity (Wildman–Crippen MR) is 105 cm³/mol. The van der Waals surface area contributed by atoms with Gasteiger partial charge in [-0.2, -0.15) is 10.4 Å². The minimum Gasteiger partial charge on any atom is -0.377 e. The Morgan fingerprint density at radius 2 is 1.96 bits per heavy atom. The molecule has 1 fully saturated rings. The Morgan fingerprint density at radius 3 is 2.68 bits per heavy atom. The number of morpholine rings is 1. The maximum absolute atomic E-state index is 8.97. The molecular weight excluding hydrogens is 352 g/mol. The van der Waals surface area contributed by atoms with Gasteiger partial charge in [-0.05, 0) is 31.5 Å². The summed E-state index contributed by atoms with van der Waals surface area (Å²) in [5.41, 5.74) is 4.83. The van der Waals surface area contributed by atoms with E-state index in [4.69, 9.17) is 15.1 Å². The van der Waals surface area contributed by atoms with Crippen molar-refractivity contribution in [2.24, 2.45) is 0 Å². The SMILES string of the molecule is Cc1nn(Cc2ccccc2)c(C)c1[C@H]1COCCN1c1ccc(C#N)nn1. The summed E-state index contributed by atoms with van der Waals surface area (Å²) in [7, 11) is 0. The van der Waals surface area contributed by atoms with E-state index in [9.17, 15) is 0 Å². The molecule has 0 saturated carbocycles. The molecule has 7 nitrogen and oxygen atoms in total. The van der Waals surface area contributed by atoms with E-state index in [2.05, 4.69) is 38.8 Å². The van der Waals surface area contributed by atoms with E-state index >= 15 is 0 Å². The van der Waals surface area contributed by atoms with Crippen LogP contribution in [0, 0.1) is 25.2 Å². The van der Waals surface area contributed by atoms with Crippen molar-refractivity contribution in [1.29, 1.82) is 5.26 Å². The first-order valence-electron chi connectivity index (χ1n) is 9.33. The lowest BCUT2D eigenvalue weighted by molar-refractivity contribution is 0.0932. The molecule has 28 heavy (non-hydrogen) atoms. The zero-order valence-corrected chi connectivity index (χ0v) is 16.0. The summed E-state index contributed by atoms with van der Waals surface area (Å²) in [6.45, 7) is 6.80. The highest BCUT2D eigenvalue weighted by Gasteiger charge is 2.30. The summed E-state index contributed by atoms with van der Waals surface area (Å²) >= 11 is 0. The molecule has 0 N–H and O–H groups in total. The maximum atomic E-state index is 8.97. The average Bonchev–Trinajstić information content (AvgIpc) is 3.01. The van der Waals surface area contributed by atoms with Crippen LogP contribution in [0.2, 0.25) is 0 Å². The van der Waals surface area contributed by atoms with Crippen LogP contribution in [-0.2, 0) is 11.3 Å². The van der Waals surface area contributed by atoms with Gasteiger partial charge in [-0.25, -0.2) is 0 Å². The summed E-state index contributed by atoms with van der Waals surface area (Å²) < 4.78 is 7.84. The van der Waals surface area contributed by atoms with Gasteiger partial charge in [-0.3, -0.25) is 4.68 Å². The highest BCUT2D eigenvalue weighted by atomic mass is 16.5. The molecule has 3 heterocycles. The van der Waals surface area contributed by atoms with E-state index in [1.54, 1.807) is 6.07 Å². The molecule has 0 amide bonds. The van der Waals surface area contributed by atoms with Crippen LogP contribution in [0.4, 0.5) is 5.82 Å². The Labute approximate surface area is 164 Å². The van der Waals surface area contributed by atoms with Gasteiger partial charge in [0.25, 0.3) is 0 Å². The van der Waals surface area contributed by atoms with Gasteiger partial charge in [0.2, 0.25) is 0 Å². The van der Waals surface area contributed by atoms with Crippen molar-refractivity contribution >= 4 is 5.82 Å². The topological polar surface area (TPSA) is 79.9 Å². The molecular formula is C21H22N6O. The van der Waals surface area contributed by atoms with E-state index < -0.39 is 0 Å². The highest BCUT2D eigenvalue weighted by Crippen LogP contribution is 2.32. The number of nitriles is 1. The Kier molecular flexibility index (Phi) is 5.04. The van der Waals surface area contributed by atoms with Crippen molar-refractivity contribution in [2.75, 3.05) is 24.7 Å². The smallest absolute Gasteiger partial charge is 0.163 e. The molecule has 142 valence electrons. The lowest BCUT2D eigenvalue weighted by Gasteiger charge is -2.36. The molecule has 4 rings (SSSR count). The largest absolute Gasteiger partial charge is 0.377 e. The van der Waals surface area contributed by atoms with Crippen LogP contribution in [0.1, 0.15) is 34.3 Å². The fraction of sp³-hybridized carbons (Fsp3) is 0.333. The summed E-state index contributed by atoms with van der Waals surface area (Å²) in [5, 5.41) is 22.0. The van der Waals surface area contributed by atoms with Gasteiger partial charge in [0.1, 0.15) is 6.07 Å². The zero-order chi connectivity index (χ0) is 19.5. The van der Waals surface area contributed by atoms with Gasteiger partial charge in [0, 0.05) is 17.8 Å². The molecule has 0 spiro atoms. The van der Waals surface area contributed by atoms with Crippen LogP contribution < -0.4 is 4.90 Å². The van der Waals surface area contributed by atoms with Crippen molar-refractivity contribution in [3.63, 3.8) is 0 Å². The van der Waals surface area contributed by atoms with Gasteiger partial charge in [-0.1, -0.05) is 30.3 Å². The number of rotatable bonds is 4. The Balaban J connectivity index is 1.66. The van der Waals surface area contributed by atoms with Gasteiger partial charge in [0.05, 0.1) is 31.5 Å². The second-order valence-corrected chi connectivity index (χ2v) is 6.90. The summed E-state index contributed by atoms with van der Waals surface area (Å²) in [6.07, 6.45) is 0. The van der Waals surface area contributed by atoms with Crippen LogP contribution in [-0.4, -0.2) is 39.7 Å². The summed E-state index contributed by atoms with van der Waals surface area (Å²) in [6, 6.07) is 15.9. The van der Waals surface area contributed by atoms with Crippen LogP contribution in [0.3, 0.4) is 0 Å². The second kappa shape index (κ2) is 7.79. The Morgan fingerprint density at radius 1 is 1.14 bits per heavy atom. The monoisotopic (exact) mass is 374 g/mol. The first-order valence-corrected chi connectivity index (χ1v) is 9.33. The molecule has 1 saturated heterocycles. The quantitative estimate of drug-likeness (QED) is 0.699. The summed E-state index contributed by atoms with van der Waals surface area (Å²) in [5.74, 6) is 0.752. The number of benzene rings is 1. The molecule has 1 atom stereocenters. The lowest BCUT2D eigenvalue weighted by atomic mass is 10.0. The molecule has 0 unspecified atom stereocenters. The second-order valence-electron chi connectivity index (χ2n) is 6.90. The highest BCUT2D eigenvalue weighted by molar-refractivity contribution is 5.45. The molecule has 7 heteroatoms. The Bertz CT molecular complexity index is 990. The van der Waals surface area contributed by atoms with Crippen LogP contribution in [0.5, 0.6) is 0 Å². The van der Waals surface area contributed by atoms with Gasteiger partial charge < -0.3 is 9.64 Å². The van der Waals surface area contributed by atoms with Gasteiger partial charge >= 0.3 is 0 Å². The third kappa shape index (κ3) is 3.47. The normalized spacial score (nSPS) is 16.8. The number of ether oxygens (including phenoxy) is 1. The lowest BCUT2D eigenvalue weighted by Crippen LogP contribution is -2.40. The zero-order valence-electron chi connectivity index (χ0n) is 16.0. The van der Waals surface area contributed by atoms with Crippen molar-refractivity contribution < 1.29 is 4.74 Å².